The highest BCUT2D eigenvalue weighted by atomic mass is 32.2. The van der Waals surface area contributed by atoms with Crippen molar-refractivity contribution in [3.8, 4) is 5.69 Å². The predicted molar refractivity (Wildman–Crippen MR) is 122 cm³/mol. The average Bonchev–Trinajstić information content (AvgIpc) is 3.58. The van der Waals surface area contributed by atoms with Gasteiger partial charge in [-0.05, 0) is 31.2 Å². The number of amides is 2. The molecular formula is C19H16N8O5S2. The number of hydrogen-bond donors (Lipinski definition) is 2. The first-order chi connectivity index (χ1) is 16.4. The topological polar surface area (TPSA) is 171 Å². The average molecular weight is 501 g/mol. The minimum absolute atomic E-state index is 0.000336. The number of furan rings is 1. The molecule has 3 heterocycles. The SMILES string of the molecule is Cc1nnc(NC(=O)CSc2nnc(CNC(=O)c3ccco3)n2-c2ccc([N+](=O)[O-])cc2)s1. The van der Waals surface area contributed by atoms with Crippen LogP contribution in [0.15, 0.2) is 52.2 Å². The second-order valence-electron chi connectivity index (χ2n) is 6.63. The molecule has 0 bridgehead atoms. The Balaban J connectivity index is 1.53. The lowest BCUT2D eigenvalue weighted by atomic mass is 10.3. The van der Waals surface area contributed by atoms with Gasteiger partial charge in [-0.15, -0.1) is 20.4 Å². The zero-order chi connectivity index (χ0) is 24.1. The fourth-order valence-corrected chi connectivity index (χ4v) is 4.16. The minimum atomic E-state index is -0.504. The number of nitro benzene ring substituents is 1. The van der Waals surface area contributed by atoms with E-state index in [1.54, 1.807) is 17.6 Å². The van der Waals surface area contributed by atoms with Gasteiger partial charge in [0.1, 0.15) is 5.01 Å². The molecule has 1 aromatic carbocycles. The largest absolute Gasteiger partial charge is 0.459 e. The van der Waals surface area contributed by atoms with Crippen LogP contribution in [0.1, 0.15) is 21.4 Å². The number of hydrogen-bond acceptors (Lipinski definition) is 11. The first-order valence-corrected chi connectivity index (χ1v) is 11.4. The summed E-state index contributed by atoms with van der Waals surface area (Å²) in [4.78, 5) is 35.1. The Morgan fingerprint density at radius 3 is 2.62 bits per heavy atom. The zero-order valence-corrected chi connectivity index (χ0v) is 19.1. The first-order valence-electron chi connectivity index (χ1n) is 9.64. The number of carbonyl (C=O) groups is 2. The summed E-state index contributed by atoms with van der Waals surface area (Å²) >= 11 is 2.36. The lowest BCUT2D eigenvalue weighted by Crippen LogP contribution is -2.24. The van der Waals surface area contributed by atoms with E-state index in [9.17, 15) is 19.7 Å². The highest BCUT2D eigenvalue weighted by molar-refractivity contribution is 7.99. The number of rotatable bonds is 9. The van der Waals surface area contributed by atoms with Crippen molar-refractivity contribution >= 4 is 45.7 Å². The maximum absolute atomic E-state index is 12.3. The third-order valence-corrected chi connectivity index (χ3v) is 5.96. The third-order valence-electron chi connectivity index (χ3n) is 4.28. The lowest BCUT2D eigenvalue weighted by molar-refractivity contribution is -0.384. The van der Waals surface area contributed by atoms with Crippen LogP contribution in [0.5, 0.6) is 0 Å². The number of carbonyl (C=O) groups excluding carboxylic acids is 2. The van der Waals surface area contributed by atoms with E-state index in [-0.39, 0.29) is 29.7 Å². The number of benzene rings is 1. The van der Waals surface area contributed by atoms with Crippen molar-refractivity contribution in [2.45, 2.75) is 18.6 Å². The van der Waals surface area contributed by atoms with Gasteiger partial charge in [0.15, 0.2) is 16.7 Å². The fourth-order valence-electron chi connectivity index (χ4n) is 2.78. The maximum atomic E-state index is 12.3. The Hall–Kier alpha value is -4.11. The molecule has 2 amide bonds. The number of nitrogens with zero attached hydrogens (tertiary/aromatic N) is 6. The Morgan fingerprint density at radius 2 is 1.97 bits per heavy atom. The standard InChI is InChI=1S/C19H16N8O5S2/c1-11-22-24-18(34-11)21-16(28)10-33-19-25-23-15(9-20-17(29)14-3-2-8-32-14)26(19)12-4-6-13(7-5-12)27(30)31/h2-8H,9-10H2,1H3,(H,20,29)(H,21,24,28). The van der Waals surface area contributed by atoms with Gasteiger partial charge in [-0.25, -0.2) is 0 Å². The van der Waals surface area contributed by atoms with Crippen molar-refractivity contribution in [1.29, 1.82) is 0 Å². The number of aryl methyl sites for hydroxylation is 1. The zero-order valence-electron chi connectivity index (χ0n) is 17.5. The molecule has 0 aliphatic carbocycles. The number of nitrogens with one attached hydrogen (secondary N) is 2. The summed E-state index contributed by atoms with van der Waals surface area (Å²) in [6, 6.07) is 8.88. The molecule has 4 rings (SSSR count). The second kappa shape index (κ2) is 10.2. The van der Waals surface area contributed by atoms with Crippen molar-refractivity contribution < 1.29 is 18.9 Å². The van der Waals surface area contributed by atoms with Crippen molar-refractivity contribution in [2.75, 3.05) is 11.1 Å². The van der Waals surface area contributed by atoms with Gasteiger partial charge in [0.05, 0.1) is 23.5 Å². The summed E-state index contributed by atoms with van der Waals surface area (Å²) in [7, 11) is 0. The fraction of sp³-hybridized carbons (Fsp3) is 0.158. The van der Waals surface area contributed by atoms with Crippen LogP contribution in [0, 0.1) is 17.0 Å². The quantitative estimate of drug-likeness (QED) is 0.198. The van der Waals surface area contributed by atoms with Gasteiger partial charge in [-0.1, -0.05) is 23.1 Å². The van der Waals surface area contributed by atoms with E-state index in [0.29, 0.717) is 21.8 Å². The van der Waals surface area contributed by atoms with E-state index >= 15 is 0 Å². The number of non-ortho nitro benzene ring substituents is 1. The molecule has 15 heteroatoms. The molecule has 0 atom stereocenters. The molecule has 13 nitrogen and oxygen atoms in total. The van der Waals surface area contributed by atoms with Gasteiger partial charge in [0.25, 0.3) is 11.6 Å². The smallest absolute Gasteiger partial charge is 0.287 e. The highest BCUT2D eigenvalue weighted by Gasteiger charge is 2.19. The molecule has 0 fully saturated rings. The Morgan fingerprint density at radius 1 is 1.18 bits per heavy atom. The van der Waals surface area contributed by atoms with E-state index in [2.05, 4.69) is 31.0 Å². The summed E-state index contributed by atoms with van der Waals surface area (Å²) in [5.74, 6) is -0.255. The molecule has 0 aliphatic rings. The monoisotopic (exact) mass is 500 g/mol. The molecular weight excluding hydrogens is 484 g/mol. The van der Waals surface area contributed by atoms with E-state index in [4.69, 9.17) is 4.42 Å². The minimum Gasteiger partial charge on any atom is -0.459 e. The van der Waals surface area contributed by atoms with Crippen LogP contribution in [0.4, 0.5) is 10.8 Å². The molecule has 0 spiro atoms. The Kier molecular flexibility index (Phi) is 6.93. The normalized spacial score (nSPS) is 10.7. The molecule has 0 saturated carbocycles. The second-order valence-corrected chi connectivity index (χ2v) is 8.75. The molecule has 2 N–H and O–H groups in total. The van der Waals surface area contributed by atoms with Crippen LogP contribution in [0.3, 0.4) is 0 Å². The molecule has 174 valence electrons. The van der Waals surface area contributed by atoms with Gasteiger partial charge in [-0.2, -0.15) is 0 Å². The predicted octanol–water partition coefficient (Wildman–Crippen LogP) is 2.59. The van der Waals surface area contributed by atoms with E-state index in [0.717, 1.165) is 16.8 Å². The van der Waals surface area contributed by atoms with Gasteiger partial charge in [-0.3, -0.25) is 29.6 Å². The van der Waals surface area contributed by atoms with Gasteiger partial charge in [0, 0.05) is 17.8 Å². The van der Waals surface area contributed by atoms with E-state index in [1.807, 2.05) is 0 Å². The first kappa shape index (κ1) is 23.1. The number of thioether (sulfide) groups is 1. The number of aromatic nitrogens is 5. The summed E-state index contributed by atoms with van der Waals surface area (Å²) in [6.45, 7) is 1.78. The van der Waals surface area contributed by atoms with Crippen molar-refractivity contribution in [3.63, 3.8) is 0 Å². The van der Waals surface area contributed by atoms with Crippen molar-refractivity contribution in [1.82, 2.24) is 30.3 Å². The van der Waals surface area contributed by atoms with Crippen LogP contribution < -0.4 is 10.6 Å². The molecule has 3 aromatic heterocycles. The highest BCUT2D eigenvalue weighted by Crippen LogP contribution is 2.24. The van der Waals surface area contributed by atoms with Crippen LogP contribution in [-0.4, -0.2) is 47.5 Å². The summed E-state index contributed by atoms with van der Waals surface area (Å²) in [5.41, 5.74) is 0.450. The molecule has 0 saturated heterocycles. The van der Waals surface area contributed by atoms with Crippen molar-refractivity contribution in [2.24, 2.45) is 0 Å². The number of anilines is 1. The van der Waals surface area contributed by atoms with Crippen LogP contribution >= 0.6 is 23.1 Å². The maximum Gasteiger partial charge on any atom is 0.287 e. The van der Waals surface area contributed by atoms with Gasteiger partial charge >= 0.3 is 0 Å². The van der Waals surface area contributed by atoms with Gasteiger partial charge < -0.3 is 9.73 Å². The van der Waals surface area contributed by atoms with Crippen LogP contribution in [-0.2, 0) is 11.3 Å². The molecule has 4 aromatic rings. The van der Waals surface area contributed by atoms with Crippen molar-refractivity contribution in [3.05, 3.63) is 69.4 Å². The van der Waals surface area contributed by atoms with E-state index < -0.39 is 10.8 Å². The Bertz CT molecular complexity index is 1320. The van der Waals surface area contributed by atoms with E-state index in [1.165, 1.54) is 47.9 Å². The van der Waals surface area contributed by atoms with Gasteiger partial charge in [0.2, 0.25) is 11.0 Å². The lowest BCUT2D eigenvalue weighted by Gasteiger charge is -2.10. The van der Waals surface area contributed by atoms with Crippen LogP contribution in [0.2, 0.25) is 0 Å². The van der Waals surface area contributed by atoms with Crippen LogP contribution in [0.25, 0.3) is 5.69 Å². The molecule has 0 aliphatic heterocycles. The number of nitro groups is 1. The summed E-state index contributed by atoms with van der Waals surface area (Å²) in [6.07, 6.45) is 1.39. The summed E-state index contributed by atoms with van der Waals surface area (Å²) in [5, 5.41) is 33.8. The third kappa shape index (κ3) is 5.44. The molecule has 0 unspecified atom stereocenters. The Labute approximate surface area is 199 Å². The molecule has 34 heavy (non-hydrogen) atoms. The molecule has 0 radical (unpaired) electrons. The summed E-state index contributed by atoms with van der Waals surface area (Å²) < 4.78 is 6.69.